The number of benzene rings is 2. The van der Waals surface area contributed by atoms with Gasteiger partial charge in [0.05, 0.1) is 7.11 Å². The van der Waals surface area contributed by atoms with Gasteiger partial charge in [0.2, 0.25) is 0 Å². The van der Waals surface area contributed by atoms with Crippen molar-refractivity contribution in [3.8, 4) is 11.5 Å². The number of methoxy groups -OCH3 is 1. The van der Waals surface area contributed by atoms with E-state index < -0.39 is 0 Å². The molecule has 3 nitrogen and oxygen atoms in total. The Kier molecular flexibility index (Phi) is 4.00. The molecule has 0 heterocycles. The first kappa shape index (κ1) is 13.8. The molecule has 110 valence electrons. The molecule has 0 radical (unpaired) electrons. The molecule has 0 spiro atoms. The fraction of sp³-hybridized carbons (Fsp3) is 0.333. The first-order chi connectivity index (χ1) is 10.2. The van der Waals surface area contributed by atoms with Crippen molar-refractivity contribution in [2.75, 3.05) is 12.8 Å². The van der Waals surface area contributed by atoms with Gasteiger partial charge < -0.3 is 15.2 Å². The zero-order valence-electron chi connectivity index (χ0n) is 12.4. The second-order valence-corrected chi connectivity index (χ2v) is 5.54. The summed E-state index contributed by atoms with van der Waals surface area (Å²) in [5.74, 6) is 1.69. The molecular formula is C18H21NO2. The monoisotopic (exact) mass is 283 g/mol. The Morgan fingerprint density at radius 2 is 1.76 bits per heavy atom. The lowest BCUT2D eigenvalue weighted by molar-refractivity contribution is 0.304. The van der Waals surface area contributed by atoms with Crippen molar-refractivity contribution in [3.05, 3.63) is 53.1 Å². The van der Waals surface area contributed by atoms with Crippen LogP contribution in [0.4, 0.5) is 5.69 Å². The van der Waals surface area contributed by atoms with E-state index in [1.807, 2.05) is 18.2 Å². The van der Waals surface area contributed by atoms with Gasteiger partial charge in [-0.2, -0.15) is 0 Å². The number of aryl methyl sites for hydroxylation is 2. The van der Waals surface area contributed by atoms with Crippen molar-refractivity contribution >= 4 is 5.69 Å². The summed E-state index contributed by atoms with van der Waals surface area (Å²) in [5, 5.41) is 0. The summed E-state index contributed by atoms with van der Waals surface area (Å²) in [6.45, 7) is 0.500. The minimum atomic E-state index is 0.500. The van der Waals surface area contributed by atoms with Gasteiger partial charge in [-0.25, -0.2) is 0 Å². The molecule has 2 N–H and O–H groups in total. The molecule has 0 fully saturated rings. The van der Waals surface area contributed by atoms with Crippen LogP contribution >= 0.6 is 0 Å². The predicted octanol–water partition coefficient (Wildman–Crippen LogP) is 3.74. The molecule has 0 amide bonds. The number of anilines is 1. The number of ether oxygens (including phenoxy) is 2. The maximum Gasteiger partial charge on any atom is 0.121 e. The van der Waals surface area contributed by atoms with Crippen LogP contribution in [0.2, 0.25) is 0 Å². The molecule has 0 bridgehead atoms. The molecule has 0 atom stereocenters. The third-order valence-electron chi connectivity index (χ3n) is 3.95. The topological polar surface area (TPSA) is 44.5 Å². The number of nitrogen functional groups attached to an aromatic ring is 1. The Morgan fingerprint density at radius 1 is 0.952 bits per heavy atom. The van der Waals surface area contributed by atoms with E-state index in [0.717, 1.165) is 17.1 Å². The highest BCUT2D eigenvalue weighted by Crippen LogP contribution is 2.26. The zero-order valence-corrected chi connectivity index (χ0v) is 12.4. The molecule has 2 aromatic rings. The van der Waals surface area contributed by atoms with Crippen molar-refractivity contribution in [2.24, 2.45) is 0 Å². The lowest BCUT2D eigenvalue weighted by atomic mass is 9.92. The third kappa shape index (κ3) is 3.30. The molecule has 21 heavy (non-hydrogen) atoms. The number of hydrogen-bond acceptors (Lipinski definition) is 3. The van der Waals surface area contributed by atoms with Gasteiger partial charge in [-0.3, -0.25) is 0 Å². The van der Waals surface area contributed by atoms with Crippen molar-refractivity contribution in [1.82, 2.24) is 0 Å². The largest absolute Gasteiger partial charge is 0.497 e. The van der Waals surface area contributed by atoms with Gasteiger partial charge in [-0.05, 0) is 66.6 Å². The van der Waals surface area contributed by atoms with Gasteiger partial charge in [-0.1, -0.05) is 6.07 Å². The molecule has 1 aliphatic carbocycles. The minimum Gasteiger partial charge on any atom is -0.497 e. The lowest BCUT2D eigenvalue weighted by Crippen LogP contribution is -2.03. The average Bonchev–Trinajstić information content (AvgIpc) is 2.52. The first-order valence-corrected chi connectivity index (χ1v) is 7.42. The molecule has 3 rings (SSSR count). The fourth-order valence-electron chi connectivity index (χ4n) is 2.85. The van der Waals surface area contributed by atoms with Crippen molar-refractivity contribution in [1.29, 1.82) is 0 Å². The van der Waals surface area contributed by atoms with Crippen LogP contribution in [0.3, 0.4) is 0 Å². The van der Waals surface area contributed by atoms with Crippen LogP contribution < -0.4 is 15.2 Å². The zero-order chi connectivity index (χ0) is 14.7. The third-order valence-corrected chi connectivity index (χ3v) is 3.95. The second kappa shape index (κ2) is 6.08. The second-order valence-electron chi connectivity index (χ2n) is 5.54. The van der Waals surface area contributed by atoms with E-state index in [4.69, 9.17) is 15.2 Å². The minimum absolute atomic E-state index is 0.500. The van der Waals surface area contributed by atoms with Gasteiger partial charge in [0.1, 0.15) is 18.1 Å². The van der Waals surface area contributed by atoms with Crippen LogP contribution in [0.15, 0.2) is 36.4 Å². The standard InChI is InChI=1S/C18H21NO2/c1-20-18-9-13(8-16(19)11-18)12-21-17-7-6-14-4-2-3-5-15(14)10-17/h6-11H,2-5,12,19H2,1H3. The maximum atomic E-state index is 5.90. The van der Waals surface area contributed by atoms with Crippen molar-refractivity contribution in [3.63, 3.8) is 0 Å². The van der Waals surface area contributed by atoms with E-state index in [1.54, 1.807) is 7.11 Å². The molecule has 1 aliphatic rings. The molecule has 0 unspecified atom stereocenters. The van der Waals surface area contributed by atoms with Crippen LogP contribution in [-0.4, -0.2) is 7.11 Å². The molecule has 0 aliphatic heterocycles. The van der Waals surface area contributed by atoms with Gasteiger partial charge in [0, 0.05) is 11.8 Å². The summed E-state index contributed by atoms with van der Waals surface area (Å²) < 4.78 is 11.1. The SMILES string of the molecule is COc1cc(N)cc(COc2ccc3c(c2)CCCC3)c1. The van der Waals surface area contributed by atoms with E-state index in [1.165, 1.54) is 36.8 Å². The highest BCUT2D eigenvalue weighted by Gasteiger charge is 2.10. The normalized spacial score (nSPS) is 13.6. The van der Waals surface area contributed by atoms with Crippen LogP contribution in [-0.2, 0) is 19.4 Å². The van der Waals surface area contributed by atoms with Gasteiger partial charge in [0.15, 0.2) is 0 Å². The Hall–Kier alpha value is -2.16. The van der Waals surface area contributed by atoms with E-state index in [-0.39, 0.29) is 0 Å². The summed E-state index contributed by atoms with van der Waals surface area (Å²) >= 11 is 0. The molecular weight excluding hydrogens is 262 g/mol. The Bertz CT molecular complexity index is 637. The van der Waals surface area contributed by atoms with E-state index >= 15 is 0 Å². The van der Waals surface area contributed by atoms with Gasteiger partial charge in [-0.15, -0.1) is 0 Å². The molecule has 2 aromatic carbocycles. The van der Waals surface area contributed by atoms with Crippen LogP contribution in [0.1, 0.15) is 29.5 Å². The van der Waals surface area contributed by atoms with Gasteiger partial charge in [0.25, 0.3) is 0 Å². The maximum absolute atomic E-state index is 5.90. The molecule has 0 aromatic heterocycles. The van der Waals surface area contributed by atoms with Crippen molar-refractivity contribution in [2.45, 2.75) is 32.3 Å². The van der Waals surface area contributed by atoms with E-state index in [0.29, 0.717) is 12.3 Å². The summed E-state index contributed by atoms with van der Waals surface area (Å²) in [6.07, 6.45) is 4.94. The molecule has 3 heteroatoms. The fourth-order valence-corrected chi connectivity index (χ4v) is 2.85. The number of fused-ring (bicyclic) bond motifs is 1. The predicted molar refractivity (Wildman–Crippen MR) is 84.8 cm³/mol. The highest BCUT2D eigenvalue weighted by atomic mass is 16.5. The Balaban J connectivity index is 1.71. The van der Waals surface area contributed by atoms with Gasteiger partial charge >= 0.3 is 0 Å². The Labute approximate surface area is 125 Å². The molecule has 0 saturated heterocycles. The highest BCUT2D eigenvalue weighted by molar-refractivity contribution is 5.47. The van der Waals surface area contributed by atoms with Crippen LogP contribution in [0.25, 0.3) is 0 Å². The summed E-state index contributed by atoms with van der Waals surface area (Å²) in [4.78, 5) is 0. The number of hydrogen-bond donors (Lipinski definition) is 1. The number of nitrogens with two attached hydrogens (primary N) is 1. The Morgan fingerprint density at radius 3 is 2.57 bits per heavy atom. The number of rotatable bonds is 4. The first-order valence-electron chi connectivity index (χ1n) is 7.42. The smallest absolute Gasteiger partial charge is 0.121 e. The van der Waals surface area contributed by atoms with Crippen LogP contribution in [0, 0.1) is 0 Å². The summed E-state index contributed by atoms with van der Waals surface area (Å²) in [5.41, 5.74) is 10.5. The molecule has 0 saturated carbocycles. The quantitative estimate of drug-likeness (QED) is 0.869. The van der Waals surface area contributed by atoms with E-state index in [9.17, 15) is 0 Å². The summed E-state index contributed by atoms with van der Waals surface area (Å²) in [7, 11) is 1.64. The van der Waals surface area contributed by atoms with E-state index in [2.05, 4.69) is 18.2 Å². The average molecular weight is 283 g/mol. The summed E-state index contributed by atoms with van der Waals surface area (Å²) in [6, 6.07) is 12.1. The van der Waals surface area contributed by atoms with Crippen LogP contribution in [0.5, 0.6) is 11.5 Å². The lowest BCUT2D eigenvalue weighted by Gasteiger charge is -2.17. The van der Waals surface area contributed by atoms with Crippen molar-refractivity contribution < 1.29 is 9.47 Å².